The van der Waals surface area contributed by atoms with Gasteiger partial charge in [0.15, 0.2) is 23.3 Å². The van der Waals surface area contributed by atoms with E-state index in [0.717, 1.165) is 6.20 Å². The average Bonchev–Trinajstić information content (AvgIpc) is 2.49. The zero-order chi connectivity index (χ0) is 15.6. The lowest BCUT2D eigenvalue weighted by Crippen LogP contribution is -2.19. The van der Waals surface area contributed by atoms with Gasteiger partial charge in [-0.3, -0.25) is 15.6 Å². The molecule has 0 bridgehead atoms. The van der Waals surface area contributed by atoms with E-state index < -0.39 is 34.9 Å². The standard InChI is InChI=1S/C12H8F4N4O/c13-6-3-7(14)10(16)11(9(6)15)19-12(21)5-4-18-2-1-8(5)20-17/h1-4H,17H2,(H,18,20)(H,19,21). The monoisotopic (exact) mass is 300 g/mol. The topological polar surface area (TPSA) is 80.0 Å². The molecule has 0 aliphatic heterocycles. The fourth-order valence-electron chi connectivity index (χ4n) is 1.57. The van der Waals surface area contributed by atoms with Gasteiger partial charge in [-0.25, -0.2) is 17.6 Å². The van der Waals surface area contributed by atoms with Gasteiger partial charge in [0, 0.05) is 18.5 Å². The summed E-state index contributed by atoms with van der Waals surface area (Å²) < 4.78 is 53.0. The van der Waals surface area contributed by atoms with Gasteiger partial charge in [-0.15, -0.1) is 0 Å². The van der Waals surface area contributed by atoms with Gasteiger partial charge in [0.1, 0.15) is 5.69 Å². The van der Waals surface area contributed by atoms with Crippen LogP contribution >= 0.6 is 0 Å². The summed E-state index contributed by atoms with van der Waals surface area (Å²) in [5, 5.41) is 1.75. The third-order valence-electron chi connectivity index (χ3n) is 2.57. The molecule has 1 amide bonds. The van der Waals surface area contributed by atoms with Crippen molar-refractivity contribution in [2.75, 3.05) is 10.7 Å². The third kappa shape index (κ3) is 2.77. The molecular formula is C12H8F4N4O. The van der Waals surface area contributed by atoms with Crippen LogP contribution in [0.25, 0.3) is 0 Å². The number of anilines is 2. The van der Waals surface area contributed by atoms with Gasteiger partial charge >= 0.3 is 0 Å². The molecule has 1 heterocycles. The number of hydrogen-bond acceptors (Lipinski definition) is 4. The molecule has 4 N–H and O–H groups in total. The number of nitrogens with two attached hydrogens (primary N) is 1. The number of pyridine rings is 1. The third-order valence-corrected chi connectivity index (χ3v) is 2.57. The lowest BCUT2D eigenvalue weighted by molar-refractivity contribution is 0.102. The van der Waals surface area contributed by atoms with Crippen LogP contribution in [-0.2, 0) is 0 Å². The first-order valence-corrected chi connectivity index (χ1v) is 5.50. The second-order valence-electron chi connectivity index (χ2n) is 3.86. The van der Waals surface area contributed by atoms with Crippen LogP contribution in [0.5, 0.6) is 0 Å². The molecule has 2 rings (SSSR count). The number of nitrogens with one attached hydrogen (secondary N) is 2. The van der Waals surface area contributed by atoms with Crippen molar-refractivity contribution >= 4 is 17.3 Å². The number of amides is 1. The Morgan fingerprint density at radius 1 is 1.14 bits per heavy atom. The Morgan fingerprint density at radius 2 is 1.76 bits per heavy atom. The average molecular weight is 300 g/mol. The lowest BCUT2D eigenvalue weighted by Gasteiger charge is -2.11. The van der Waals surface area contributed by atoms with Gasteiger partial charge in [-0.05, 0) is 6.07 Å². The molecule has 0 unspecified atom stereocenters. The smallest absolute Gasteiger partial charge is 0.259 e. The highest BCUT2D eigenvalue weighted by Gasteiger charge is 2.22. The van der Waals surface area contributed by atoms with E-state index in [-0.39, 0.29) is 17.3 Å². The molecule has 0 aliphatic carbocycles. The van der Waals surface area contributed by atoms with Crippen LogP contribution in [0, 0.1) is 23.3 Å². The van der Waals surface area contributed by atoms with Crippen molar-refractivity contribution < 1.29 is 22.4 Å². The molecule has 1 aromatic heterocycles. The van der Waals surface area contributed by atoms with E-state index >= 15 is 0 Å². The largest absolute Gasteiger partial charge is 0.323 e. The van der Waals surface area contributed by atoms with Gasteiger partial charge < -0.3 is 10.7 Å². The van der Waals surface area contributed by atoms with Crippen molar-refractivity contribution in [3.63, 3.8) is 0 Å². The van der Waals surface area contributed by atoms with Crippen LogP contribution in [0.3, 0.4) is 0 Å². The maximum Gasteiger partial charge on any atom is 0.259 e. The van der Waals surface area contributed by atoms with Gasteiger partial charge in [-0.2, -0.15) is 0 Å². The first-order chi connectivity index (χ1) is 9.95. The van der Waals surface area contributed by atoms with Gasteiger partial charge in [0.25, 0.3) is 5.91 Å². The summed E-state index contributed by atoms with van der Waals surface area (Å²) in [6, 6.07) is 1.37. The minimum absolute atomic E-state index is 0.0390. The predicted octanol–water partition coefficient (Wildman–Crippen LogP) is 2.18. The number of halogens is 4. The summed E-state index contributed by atoms with van der Waals surface area (Å²) in [6.45, 7) is 0. The fraction of sp³-hybridized carbons (Fsp3) is 0. The van der Waals surface area contributed by atoms with Crippen LogP contribution in [0.2, 0.25) is 0 Å². The van der Waals surface area contributed by atoms with E-state index in [1.54, 1.807) is 5.32 Å². The second kappa shape index (κ2) is 5.75. The molecule has 0 aliphatic rings. The molecule has 0 saturated carbocycles. The molecule has 0 saturated heterocycles. The van der Waals surface area contributed by atoms with Crippen molar-refractivity contribution in [2.24, 2.45) is 5.84 Å². The van der Waals surface area contributed by atoms with Gasteiger partial charge in [0.05, 0.1) is 11.3 Å². The number of benzene rings is 1. The van der Waals surface area contributed by atoms with E-state index in [2.05, 4.69) is 10.4 Å². The number of nitrogen functional groups attached to an aromatic ring is 1. The van der Waals surface area contributed by atoms with Crippen LogP contribution in [0.15, 0.2) is 24.5 Å². The second-order valence-corrected chi connectivity index (χ2v) is 3.86. The molecule has 0 atom stereocenters. The molecule has 0 fully saturated rings. The highest BCUT2D eigenvalue weighted by Crippen LogP contribution is 2.25. The van der Waals surface area contributed by atoms with Crippen LogP contribution in [0.4, 0.5) is 28.9 Å². The normalized spacial score (nSPS) is 10.3. The summed E-state index contributed by atoms with van der Waals surface area (Å²) in [5.74, 6) is -2.57. The number of carbonyl (C=O) groups is 1. The maximum absolute atomic E-state index is 13.4. The molecule has 2 aromatic rings. The first kappa shape index (κ1) is 14.7. The van der Waals surface area contributed by atoms with E-state index in [1.165, 1.54) is 12.3 Å². The Kier molecular flexibility index (Phi) is 4.03. The quantitative estimate of drug-likeness (QED) is 0.351. The number of carbonyl (C=O) groups excluding carboxylic acids is 1. The summed E-state index contributed by atoms with van der Waals surface area (Å²) in [4.78, 5) is 15.5. The molecule has 5 nitrogen and oxygen atoms in total. The van der Waals surface area contributed by atoms with E-state index in [9.17, 15) is 22.4 Å². The van der Waals surface area contributed by atoms with E-state index in [4.69, 9.17) is 5.84 Å². The Bertz CT molecular complexity index is 682. The first-order valence-electron chi connectivity index (χ1n) is 5.50. The van der Waals surface area contributed by atoms with Crippen molar-refractivity contribution in [1.29, 1.82) is 0 Å². The van der Waals surface area contributed by atoms with Crippen LogP contribution in [-0.4, -0.2) is 10.9 Å². The summed E-state index contributed by atoms with van der Waals surface area (Å²) >= 11 is 0. The van der Waals surface area contributed by atoms with Crippen LogP contribution < -0.4 is 16.6 Å². The Balaban J connectivity index is 2.41. The minimum Gasteiger partial charge on any atom is -0.323 e. The number of hydrazine groups is 1. The molecule has 0 radical (unpaired) electrons. The SMILES string of the molecule is NNc1ccncc1C(=O)Nc1c(F)c(F)cc(F)c1F. The summed E-state index contributed by atoms with van der Waals surface area (Å²) in [6.07, 6.45) is 2.38. The number of hydrogen-bond donors (Lipinski definition) is 3. The van der Waals surface area contributed by atoms with Crippen molar-refractivity contribution in [3.05, 3.63) is 53.4 Å². The fourth-order valence-corrected chi connectivity index (χ4v) is 1.57. The highest BCUT2D eigenvalue weighted by atomic mass is 19.2. The number of aromatic nitrogens is 1. The van der Waals surface area contributed by atoms with Gasteiger partial charge in [-0.1, -0.05) is 0 Å². The summed E-state index contributed by atoms with van der Waals surface area (Å²) in [5.41, 5.74) is 0.893. The lowest BCUT2D eigenvalue weighted by atomic mass is 10.2. The zero-order valence-electron chi connectivity index (χ0n) is 10.3. The molecule has 9 heteroatoms. The number of nitrogens with zero attached hydrogens (tertiary/aromatic N) is 1. The predicted molar refractivity (Wildman–Crippen MR) is 66.3 cm³/mol. The Labute approximate surface area is 115 Å². The van der Waals surface area contributed by atoms with Crippen molar-refractivity contribution in [3.8, 4) is 0 Å². The molecule has 110 valence electrons. The molecular weight excluding hydrogens is 292 g/mol. The Hall–Kier alpha value is -2.68. The van der Waals surface area contributed by atoms with E-state index in [1.807, 2.05) is 0 Å². The van der Waals surface area contributed by atoms with Crippen molar-refractivity contribution in [1.82, 2.24) is 4.98 Å². The van der Waals surface area contributed by atoms with Gasteiger partial charge in [0.2, 0.25) is 0 Å². The Morgan fingerprint density at radius 3 is 2.33 bits per heavy atom. The summed E-state index contributed by atoms with van der Waals surface area (Å²) in [7, 11) is 0. The molecule has 21 heavy (non-hydrogen) atoms. The molecule has 1 aromatic carbocycles. The molecule has 0 spiro atoms. The van der Waals surface area contributed by atoms with Crippen molar-refractivity contribution in [2.45, 2.75) is 0 Å². The zero-order valence-corrected chi connectivity index (χ0v) is 10.3. The highest BCUT2D eigenvalue weighted by molar-refractivity contribution is 6.07. The maximum atomic E-state index is 13.4. The van der Waals surface area contributed by atoms with Crippen LogP contribution in [0.1, 0.15) is 10.4 Å². The minimum atomic E-state index is -1.71. The number of rotatable bonds is 3. The van der Waals surface area contributed by atoms with E-state index in [0.29, 0.717) is 0 Å².